The predicted molar refractivity (Wildman–Crippen MR) is 119 cm³/mol. The molecular weight excluding hydrogens is 394 g/mol. The summed E-state index contributed by atoms with van der Waals surface area (Å²) in [5.74, 6) is -0.608. The Labute approximate surface area is 182 Å². The third-order valence-electron chi connectivity index (χ3n) is 5.52. The summed E-state index contributed by atoms with van der Waals surface area (Å²) < 4.78 is 10.5. The first kappa shape index (κ1) is 22.5. The minimum Gasteiger partial charge on any atom is -0.495 e. The lowest BCUT2D eigenvalue weighted by Crippen LogP contribution is -2.30. The van der Waals surface area contributed by atoms with Crippen LogP contribution >= 0.6 is 0 Å². The number of methoxy groups -OCH3 is 1. The highest BCUT2D eigenvalue weighted by molar-refractivity contribution is 5.99. The fourth-order valence-electron chi connectivity index (χ4n) is 3.73. The van der Waals surface area contributed by atoms with Crippen molar-refractivity contribution in [3.63, 3.8) is 0 Å². The van der Waals surface area contributed by atoms with E-state index in [1.807, 2.05) is 31.2 Å². The summed E-state index contributed by atoms with van der Waals surface area (Å²) in [4.78, 5) is 37.1. The van der Waals surface area contributed by atoms with Crippen LogP contribution in [0.25, 0.3) is 0 Å². The number of carbonyl (C=O) groups is 3. The Morgan fingerprint density at radius 2 is 1.74 bits per heavy atom. The van der Waals surface area contributed by atoms with Gasteiger partial charge in [-0.25, -0.2) is 0 Å². The van der Waals surface area contributed by atoms with Crippen molar-refractivity contribution < 1.29 is 23.9 Å². The lowest BCUT2D eigenvalue weighted by Gasteiger charge is -2.16. The van der Waals surface area contributed by atoms with Gasteiger partial charge in [-0.2, -0.15) is 0 Å². The third kappa shape index (κ3) is 5.94. The first-order valence-electron chi connectivity index (χ1n) is 10.7. The molecule has 2 aromatic carbocycles. The van der Waals surface area contributed by atoms with E-state index in [4.69, 9.17) is 9.47 Å². The van der Waals surface area contributed by atoms with Crippen molar-refractivity contribution in [1.82, 2.24) is 0 Å². The molecule has 0 aromatic heterocycles. The molecule has 0 unspecified atom stereocenters. The average Bonchev–Trinajstić information content (AvgIpc) is 2.77. The highest BCUT2D eigenvalue weighted by atomic mass is 16.5. The minimum absolute atomic E-state index is 0.0532. The van der Waals surface area contributed by atoms with Crippen LogP contribution in [0.3, 0.4) is 0 Å². The van der Waals surface area contributed by atoms with Crippen molar-refractivity contribution in [2.45, 2.75) is 58.5 Å². The van der Waals surface area contributed by atoms with Gasteiger partial charge in [0.1, 0.15) is 5.75 Å². The Hall–Kier alpha value is -3.15. The predicted octanol–water partition coefficient (Wildman–Crippen LogP) is 4.42. The van der Waals surface area contributed by atoms with E-state index >= 15 is 0 Å². The van der Waals surface area contributed by atoms with Crippen molar-refractivity contribution in [1.29, 1.82) is 0 Å². The van der Waals surface area contributed by atoms with Gasteiger partial charge in [0.05, 0.1) is 19.2 Å². The summed E-state index contributed by atoms with van der Waals surface area (Å²) in [7, 11) is 1.52. The number of rotatable bonds is 8. The molecule has 0 fully saturated rings. The van der Waals surface area contributed by atoms with Gasteiger partial charge in [0.2, 0.25) is 0 Å². The summed E-state index contributed by atoms with van der Waals surface area (Å²) in [5, 5.41) is 2.72. The van der Waals surface area contributed by atoms with E-state index < -0.39 is 18.0 Å². The number of esters is 1. The molecule has 0 radical (unpaired) electrons. The van der Waals surface area contributed by atoms with Crippen LogP contribution < -0.4 is 10.1 Å². The molecule has 1 aliphatic rings. The van der Waals surface area contributed by atoms with Crippen LogP contribution in [0.5, 0.6) is 5.75 Å². The zero-order chi connectivity index (χ0) is 22.4. The highest BCUT2D eigenvalue weighted by Crippen LogP contribution is 2.26. The molecule has 0 bridgehead atoms. The monoisotopic (exact) mass is 423 g/mol. The molecule has 6 heteroatoms. The molecule has 2 aromatic rings. The second-order valence-corrected chi connectivity index (χ2v) is 7.94. The van der Waals surface area contributed by atoms with E-state index in [-0.39, 0.29) is 18.6 Å². The number of aryl methyl sites for hydroxylation is 3. The third-order valence-corrected chi connectivity index (χ3v) is 5.52. The molecule has 0 saturated carbocycles. The van der Waals surface area contributed by atoms with Crippen molar-refractivity contribution in [3.05, 3.63) is 58.7 Å². The maximum Gasteiger partial charge on any atom is 0.307 e. The van der Waals surface area contributed by atoms with Gasteiger partial charge in [0, 0.05) is 12.0 Å². The molecule has 1 amide bonds. The van der Waals surface area contributed by atoms with E-state index in [1.165, 1.54) is 31.6 Å². The molecule has 0 spiro atoms. The Kier molecular flexibility index (Phi) is 7.45. The number of hydrogen-bond acceptors (Lipinski definition) is 5. The van der Waals surface area contributed by atoms with Gasteiger partial charge in [-0.3, -0.25) is 14.4 Å². The molecular formula is C25H29NO5. The standard InChI is InChI=1S/C25H29NO5/c1-16-8-12-23(30-3)21(14-16)26-25(29)17(2)31-24(28)13-11-22(27)20-10-9-18-6-4-5-7-19(18)15-20/h8-10,12,14-15,17H,4-7,11,13H2,1-3H3,(H,26,29)/t17-/m0/s1. The number of amides is 1. The highest BCUT2D eigenvalue weighted by Gasteiger charge is 2.20. The summed E-state index contributed by atoms with van der Waals surface area (Å²) in [6.45, 7) is 3.40. The average molecular weight is 424 g/mol. The summed E-state index contributed by atoms with van der Waals surface area (Å²) >= 11 is 0. The first-order chi connectivity index (χ1) is 14.9. The second kappa shape index (κ2) is 10.2. The first-order valence-corrected chi connectivity index (χ1v) is 10.7. The quantitative estimate of drug-likeness (QED) is 0.502. The molecule has 1 aliphatic carbocycles. The number of nitrogens with one attached hydrogen (secondary N) is 1. The maximum absolute atomic E-state index is 12.5. The van der Waals surface area contributed by atoms with Crippen LogP contribution in [-0.4, -0.2) is 30.9 Å². The molecule has 164 valence electrons. The smallest absolute Gasteiger partial charge is 0.307 e. The summed E-state index contributed by atoms with van der Waals surface area (Å²) in [6, 6.07) is 11.2. The normalized spacial score (nSPS) is 13.6. The van der Waals surface area contributed by atoms with E-state index in [9.17, 15) is 14.4 Å². The molecule has 1 N–H and O–H groups in total. The van der Waals surface area contributed by atoms with Crippen LogP contribution in [-0.2, 0) is 27.2 Å². The number of carbonyl (C=O) groups excluding carboxylic acids is 3. The number of fused-ring (bicyclic) bond motifs is 1. The van der Waals surface area contributed by atoms with Gasteiger partial charge in [-0.1, -0.05) is 18.2 Å². The molecule has 3 rings (SSSR count). The van der Waals surface area contributed by atoms with Gasteiger partial charge in [-0.15, -0.1) is 0 Å². The van der Waals surface area contributed by atoms with E-state index in [2.05, 4.69) is 5.32 Å². The van der Waals surface area contributed by atoms with Crippen LogP contribution in [0.1, 0.15) is 59.7 Å². The van der Waals surface area contributed by atoms with Gasteiger partial charge >= 0.3 is 5.97 Å². The SMILES string of the molecule is COc1ccc(C)cc1NC(=O)[C@H](C)OC(=O)CCC(=O)c1ccc2c(c1)CCCC2. The largest absolute Gasteiger partial charge is 0.495 e. The molecule has 1 atom stereocenters. The van der Waals surface area contributed by atoms with Crippen LogP contribution in [0.2, 0.25) is 0 Å². The van der Waals surface area contributed by atoms with E-state index in [0.29, 0.717) is 17.0 Å². The lowest BCUT2D eigenvalue weighted by atomic mass is 9.89. The van der Waals surface area contributed by atoms with Crippen LogP contribution in [0, 0.1) is 6.92 Å². The van der Waals surface area contributed by atoms with Gasteiger partial charge in [-0.05, 0) is 74.4 Å². The van der Waals surface area contributed by atoms with E-state index in [0.717, 1.165) is 24.8 Å². The second-order valence-electron chi connectivity index (χ2n) is 7.94. The molecule has 31 heavy (non-hydrogen) atoms. The Bertz CT molecular complexity index is 982. The molecule has 0 aliphatic heterocycles. The zero-order valence-corrected chi connectivity index (χ0v) is 18.3. The fourth-order valence-corrected chi connectivity index (χ4v) is 3.73. The molecule has 6 nitrogen and oxygen atoms in total. The summed E-state index contributed by atoms with van der Waals surface area (Å²) in [5.41, 5.74) is 4.65. The van der Waals surface area contributed by atoms with Crippen molar-refractivity contribution in [2.24, 2.45) is 0 Å². The number of benzene rings is 2. The topological polar surface area (TPSA) is 81.7 Å². The maximum atomic E-state index is 12.5. The fraction of sp³-hybridized carbons (Fsp3) is 0.400. The Morgan fingerprint density at radius 3 is 2.48 bits per heavy atom. The Balaban J connectivity index is 1.50. The van der Waals surface area contributed by atoms with E-state index in [1.54, 1.807) is 12.1 Å². The number of ketones is 1. The number of anilines is 1. The number of ether oxygens (including phenoxy) is 2. The van der Waals surface area contributed by atoms with Gasteiger partial charge in [0.15, 0.2) is 11.9 Å². The minimum atomic E-state index is -0.989. The lowest BCUT2D eigenvalue weighted by molar-refractivity contribution is -0.153. The number of Topliss-reactive ketones (excluding diaryl/α,β-unsaturated/α-hetero) is 1. The van der Waals surface area contributed by atoms with Crippen LogP contribution in [0.4, 0.5) is 5.69 Å². The van der Waals surface area contributed by atoms with Crippen molar-refractivity contribution in [3.8, 4) is 5.75 Å². The van der Waals surface area contributed by atoms with Gasteiger partial charge in [0.25, 0.3) is 5.91 Å². The van der Waals surface area contributed by atoms with Crippen molar-refractivity contribution >= 4 is 23.3 Å². The zero-order valence-electron chi connectivity index (χ0n) is 18.3. The molecule has 0 heterocycles. The Morgan fingerprint density at radius 1 is 1.00 bits per heavy atom. The molecule has 0 saturated heterocycles. The van der Waals surface area contributed by atoms with Gasteiger partial charge < -0.3 is 14.8 Å². The van der Waals surface area contributed by atoms with Crippen LogP contribution in [0.15, 0.2) is 36.4 Å². The summed E-state index contributed by atoms with van der Waals surface area (Å²) in [6.07, 6.45) is 3.39. The van der Waals surface area contributed by atoms with Crippen molar-refractivity contribution in [2.75, 3.05) is 12.4 Å². The number of hydrogen-bond donors (Lipinski definition) is 1.